The predicted molar refractivity (Wildman–Crippen MR) is 62.7 cm³/mol. The Morgan fingerprint density at radius 2 is 2.20 bits per heavy atom. The number of ether oxygens (including phenoxy) is 1. The van der Waals surface area contributed by atoms with E-state index < -0.39 is 0 Å². The van der Waals surface area contributed by atoms with Gasteiger partial charge in [-0.2, -0.15) is 0 Å². The molecule has 1 heterocycles. The molecule has 1 N–H and O–H groups in total. The summed E-state index contributed by atoms with van der Waals surface area (Å²) in [5.74, 6) is 0. The SMILES string of the molecule is S=C1NC2CCCc3ccccc3C2O1. The van der Waals surface area contributed by atoms with E-state index in [1.807, 2.05) is 0 Å². The fourth-order valence-corrected chi connectivity index (χ4v) is 2.77. The smallest absolute Gasteiger partial charge is 0.257 e. The van der Waals surface area contributed by atoms with Crippen molar-refractivity contribution in [2.75, 3.05) is 0 Å². The summed E-state index contributed by atoms with van der Waals surface area (Å²) in [6.07, 6.45) is 3.63. The lowest BCUT2D eigenvalue weighted by Gasteiger charge is -2.15. The molecule has 2 nitrogen and oxygen atoms in total. The first-order valence-electron chi connectivity index (χ1n) is 5.39. The number of fused-ring (bicyclic) bond motifs is 3. The topological polar surface area (TPSA) is 21.3 Å². The van der Waals surface area contributed by atoms with Crippen molar-refractivity contribution in [3.05, 3.63) is 35.4 Å². The summed E-state index contributed by atoms with van der Waals surface area (Å²) >= 11 is 5.07. The second kappa shape index (κ2) is 3.49. The molecule has 1 fully saturated rings. The lowest BCUT2D eigenvalue weighted by molar-refractivity contribution is 0.205. The first kappa shape index (κ1) is 9.16. The summed E-state index contributed by atoms with van der Waals surface area (Å²) in [5.41, 5.74) is 2.73. The van der Waals surface area contributed by atoms with E-state index in [-0.39, 0.29) is 6.10 Å². The average Bonchev–Trinajstić information content (AvgIpc) is 2.52. The van der Waals surface area contributed by atoms with Gasteiger partial charge < -0.3 is 10.1 Å². The van der Waals surface area contributed by atoms with E-state index in [9.17, 15) is 0 Å². The maximum atomic E-state index is 5.69. The highest BCUT2D eigenvalue weighted by Gasteiger charge is 2.35. The van der Waals surface area contributed by atoms with Gasteiger partial charge in [0.2, 0.25) is 0 Å². The Hall–Kier alpha value is -1.09. The number of thiocarbonyl (C=S) groups is 1. The zero-order chi connectivity index (χ0) is 10.3. The second-order valence-corrected chi connectivity index (χ2v) is 4.54. The van der Waals surface area contributed by atoms with E-state index in [1.165, 1.54) is 17.5 Å². The average molecular weight is 219 g/mol. The molecule has 1 aliphatic carbocycles. The third kappa shape index (κ3) is 1.51. The summed E-state index contributed by atoms with van der Waals surface area (Å²) < 4.78 is 5.69. The molecule has 2 aliphatic rings. The second-order valence-electron chi connectivity index (χ2n) is 4.17. The zero-order valence-electron chi connectivity index (χ0n) is 8.40. The predicted octanol–water partition coefficient (Wildman–Crippen LogP) is 2.34. The zero-order valence-corrected chi connectivity index (χ0v) is 9.22. The van der Waals surface area contributed by atoms with Crippen LogP contribution in [0.5, 0.6) is 0 Å². The minimum Gasteiger partial charge on any atom is -0.461 e. The van der Waals surface area contributed by atoms with Gasteiger partial charge in [0.25, 0.3) is 5.17 Å². The monoisotopic (exact) mass is 219 g/mol. The molecule has 0 bridgehead atoms. The molecule has 3 heteroatoms. The lowest BCUT2D eigenvalue weighted by Crippen LogP contribution is -2.26. The van der Waals surface area contributed by atoms with E-state index in [1.54, 1.807) is 0 Å². The maximum absolute atomic E-state index is 5.69. The molecule has 1 aromatic carbocycles. The molecule has 15 heavy (non-hydrogen) atoms. The third-order valence-corrected chi connectivity index (χ3v) is 3.44. The number of hydrogen-bond acceptors (Lipinski definition) is 2. The molecule has 0 radical (unpaired) electrons. The maximum Gasteiger partial charge on any atom is 0.257 e. The fourth-order valence-electron chi connectivity index (χ4n) is 2.51. The van der Waals surface area contributed by atoms with Gasteiger partial charge in [0.1, 0.15) is 6.10 Å². The normalized spacial score (nSPS) is 28.4. The molecule has 0 saturated carbocycles. The van der Waals surface area contributed by atoms with Crippen LogP contribution >= 0.6 is 12.2 Å². The molecule has 1 aromatic rings. The van der Waals surface area contributed by atoms with E-state index in [0.717, 1.165) is 12.8 Å². The van der Waals surface area contributed by atoms with E-state index in [4.69, 9.17) is 17.0 Å². The first-order valence-corrected chi connectivity index (χ1v) is 5.80. The van der Waals surface area contributed by atoms with Crippen molar-refractivity contribution in [3.63, 3.8) is 0 Å². The third-order valence-electron chi connectivity index (χ3n) is 3.23. The van der Waals surface area contributed by atoms with Crippen LogP contribution < -0.4 is 5.32 Å². The molecule has 3 rings (SSSR count). The standard InChI is InChI=1S/C12H13NOS/c15-12-13-10-7-3-5-8-4-1-2-6-9(8)11(10)14-12/h1-2,4,6,10-11H,3,5,7H2,(H,13,15). The van der Waals surface area contributed by atoms with Crippen LogP contribution in [0, 0.1) is 0 Å². The molecule has 0 spiro atoms. The molecular formula is C12H13NOS. The van der Waals surface area contributed by atoms with Crippen LogP contribution in [0.3, 0.4) is 0 Å². The van der Waals surface area contributed by atoms with Gasteiger partial charge >= 0.3 is 0 Å². The van der Waals surface area contributed by atoms with Gasteiger partial charge in [-0.3, -0.25) is 0 Å². The largest absolute Gasteiger partial charge is 0.461 e. The molecular weight excluding hydrogens is 206 g/mol. The highest BCUT2D eigenvalue weighted by atomic mass is 32.1. The van der Waals surface area contributed by atoms with Gasteiger partial charge in [-0.05, 0) is 42.6 Å². The Labute approximate surface area is 94.6 Å². The van der Waals surface area contributed by atoms with Crippen LogP contribution in [-0.4, -0.2) is 11.2 Å². The number of rotatable bonds is 0. The highest BCUT2D eigenvalue weighted by Crippen LogP contribution is 2.34. The Morgan fingerprint density at radius 3 is 3.13 bits per heavy atom. The van der Waals surface area contributed by atoms with Gasteiger partial charge in [0.15, 0.2) is 0 Å². The Bertz CT molecular complexity index is 404. The molecule has 0 aromatic heterocycles. The van der Waals surface area contributed by atoms with Crippen LogP contribution in [0.1, 0.15) is 30.1 Å². The van der Waals surface area contributed by atoms with Crippen LogP contribution in [0.15, 0.2) is 24.3 Å². The summed E-state index contributed by atoms with van der Waals surface area (Å²) in [7, 11) is 0. The van der Waals surface area contributed by atoms with Crippen molar-refractivity contribution in [3.8, 4) is 0 Å². The first-order chi connectivity index (χ1) is 7.34. The molecule has 78 valence electrons. The van der Waals surface area contributed by atoms with E-state index in [0.29, 0.717) is 11.2 Å². The quantitative estimate of drug-likeness (QED) is 0.677. The molecule has 1 saturated heterocycles. The summed E-state index contributed by atoms with van der Waals surface area (Å²) in [6, 6.07) is 8.91. The lowest BCUT2D eigenvalue weighted by atomic mass is 9.99. The molecule has 0 amide bonds. The van der Waals surface area contributed by atoms with E-state index >= 15 is 0 Å². The van der Waals surface area contributed by atoms with Crippen molar-refractivity contribution in [1.29, 1.82) is 0 Å². The number of nitrogens with one attached hydrogen (secondary N) is 1. The molecule has 2 unspecified atom stereocenters. The van der Waals surface area contributed by atoms with Gasteiger partial charge in [-0.1, -0.05) is 24.3 Å². The van der Waals surface area contributed by atoms with Crippen LogP contribution in [0.25, 0.3) is 0 Å². The minimum absolute atomic E-state index is 0.135. The van der Waals surface area contributed by atoms with Gasteiger partial charge in [0.05, 0.1) is 6.04 Å². The van der Waals surface area contributed by atoms with Gasteiger partial charge in [-0.25, -0.2) is 0 Å². The number of aryl methyl sites for hydroxylation is 1. The summed E-state index contributed by atoms with van der Waals surface area (Å²) in [4.78, 5) is 0. The summed E-state index contributed by atoms with van der Waals surface area (Å²) in [6.45, 7) is 0. The molecule has 2 atom stereocenters. The van der Waals surface area contributed by atoms with Gasteiger partial charge in [-0.15, -0.1) is 0 Å². The van der Waals surface area contributed by atoms with Crippen LogP contribution in [0.4, 0.5) is 0 Å². The summed E-state index contributed by atoms with van der Waals surface area (Å²) in [5, 5.41) is 3.80. The number of benzene rings is 1. The van der Waals surface area contributed by atoms with Crippen LogP contribution in [0.2, 0.25) is 0 Å². The Balaban J connectivity index is 2.04. The fraction of sp³-hybridized carbons (Fsp3) is 0.417. The Kier molecular flexibility index (Phi) is 2.13. The Morgan fingerprint density at radius 1 is 1.33 bits per heavy atom. The highest BCUT2D eigenvalue weighted by molar-refractivity contribution is 7.80. The van der Waals surface area contributed by atoms with Crippen molar-refractivity contribution in [1.82, 2.24) is 5.32 Å². The van der Waals surface area contributed by atoms with Crippen molar-refractivity contribution >= 4 is 17.4 Å². The van der Waals surface area contributed by atoms with Gasteiger partial charge in [0, 0.05) is 0 Å². The minimum atomic E-state index is 0.135. The van der Waals surface area contributed by atoms with Crippen molar-refractivity contribution < 1.29 is 4.74 Å². The van der Waals surface area contributed by atoms with Crippen LogP contribution in [-0.2, 0) is 11.2 Å². The molecule has 1 aliphatic heterocycles. The van der Waals surface area contributed by atoms with E-state index in [2.05, 4.69) is 29.6 Å². The number of hydrogen-bond donors (Lipinski definition) is 1. The van der Waals surface area contributed by atoms with Crippen molar-refractivity contribution in [2.45, 2.75) is 31.4 Å². The van der Waals surface area contributed by atoms with Crippen molar-refractivity contribution in [2.24, 2.45) is 0 Å².